The van der Waals surface area contributed by atoms with Crippen LogP contribution in [0.1, 0.15) is 16.7 Å². The molecule has 0 atom stereocenters. The zero-order valence-corrected chi connectivity index (χ0v) is 18.2. The predicted octanol–water partition coefficient (Wildman–Crippen LogP) is 6.35. The Kier molecular flexibility index (Phi) is 5.29. The van der Waals surface area contributed by atoms with E-state index in [2.05, 4.69) is 31.9 Å². The van der Waals surface area contributed by atoms with Crippen LogP contribution in [0, 0.1) is 6.92 Å². The van der Waals surface area contributed by atoms with Gasteiger partial charge in [0.25, 0.3) is 5.91 Å². The van der Waals surface area contributed by atoms with Gasteiger partial charge >= 0.3 is 0 Å². The van der Waals surface area contributed by atoms with Gasteiger partial charge in [0.05, 0.1) is 5.69 Å². The minimum absolute atomic E-state index is 0.145. The first kappa shape index (κ1) is 18.8. The molecule has 1 amide bonds. The van der Waals surface area contributed by atoms with Crippen molar-refractivity contribution in [1.29, 1.82) is 0 Å². The Morgan fingerprint density at radius 3 is 2.25 bits per heavy atom. The highest BCUT2D eigenvalue weighted by molar-refractivity contribution is 9.10. The maximum absolute atomic E-state index is 13.3. The van der Waals surface area contributed by atoms with E-state index >= 15 is 0 Å². The Bertz CT molecular complexity index is 1120. The summed E-state index contributed by atoms with van der Waals surface area (Å²) in [5.41, 5.74) is 4.16. The molecule has 0 spiro atoms. The molecule has 0 N–H and O–H groups in total. The number of carbonyl (C=O) groups is 1. The molecule has 0 aliphatic carbocycles. The standard InChI is InChI=1S/C23H16Br2N2O/c1-15-8-10-17(11-9-15)22-26-21(13-16-4-2-5-18(24)12-16)23(28)27(22)20-7-3-6-19(25)14-20/h2-14H,1H3/b21-13+. The van der Waals surface area contributed by atoms with Crippen molar-refractivity contribution >= 4 is 55.4 Å². The molecule has 0 saturated carbocycles. The van der Waals surface area contributed by atoms with Crippen molar-refractivity contribution in [3.63, 3.8) is 0 Å². The van der Waals surface area contributed by atoms with Crippen LogP contribution in [-0.2, 0) is 4.79 Å². The first-order valence-electron chi connectivity index (χ1n) is 8.74. The van der Waals surface area contributed by atoms with Crippen molar-refractivity contribution in [3.05, 3.63) is 104 Å². The van der Waals surface area contributed by atoms with E-state index in [4.69, 9.17) is 4.99 Å². The summed E-state index contributed by atoms with van der Waals surface area (Å²) < 4.78 is 1.87. The van der Waals surface area contributed by atoms with Crippen LogP contribution in [0.4, 0.5) is 5.69 Å². The highest BCUT2D eigenvalue weighted by atomic mass is 79.9. The van der Waals surface area contributed by atoms with E-state index in [0.717, 1.165) is 31.3 Å². The van der Waals surface area contributed by atoms with Crippen molar-refractivity contribution in [2.45, 2.75) is 6.92 Å². The lowest BCUT2D eigenvalue weighted by Crippen LogP contribution is -2.32. The molecule has 1 aliphatic heterocycles. The number of anilines is 1. The van der Waals surface area contributed by atoms with E-state index in [1.54, 1.807) is 4.90 Å². The maximum atomic E-state index is 13.3. The average molecular weight is 496 g/mol. The third-order valence-corrected chi connectivity index (χ3v) is 5.38. The highest BCUT2D eigenvalue weighted by Crippen LogP contribution is 2.30. The molecule has 5 heteroatoms. The van der Waals surface area contributed by atoms with E-state index in [-0.39, 0.29) is 5.91 Å². The number of aliphatic imine (C=N–C) groups is 1. The monoisotopic (exact) mass is 494 g/mol. The van der Waals surface area contributed by atoms with Crippen LogP contribution < -0.4 is 4.90 Å². The lowest BCUT2D eigenvalue weighted by molar-refractivity contribution is -0.113. The zero-order valence-electron chi connectivity index (χ0n) is 15.1. The maximum Gasteiger partial charge on any atom is 0.282 e. The molecule has 0 bridgehead atoms. The molecule has 3 aromatic rings. The first-order chi connectivity index (χ1) is 13.5. The number of amidine groups is 1. The number of nitrogens with zero attached hydrogens (tertiary/aromatic N) is 2. The summed E-state index contributed by atoms with van der Waals surface area (Å²) in [4.78, 5) is 19.6. The number of carbonyl (C=O) groups excluding carboxylic acids is 1. The smallest absolute Gasteiger partial charge is 0.266 e. The lowest BCUT2D eigenvalue weighted by atomic mass is 10.1. The topological polar surface area (TPSA) is 32.7 Å². The van der Waals surface area contributed by atoms with Crippen LogP contribution in [0.25, 0.3) is 6.08 Å². The molecule has 0 saturated heterocycles. The van der Waals surface area contributed by atoms with Crippen molar-refractivity contribution < 1.29 is 4.79 Å². The Hall–Kier alpha value is -2.50. The fourth-order valence-corrected chi connectivity index (χ4v) is 3.83. The van der Waals surface area contributed by atoms with Gasteiger partial charge in [0, 0.05) is 14.5 Å². The van der Waals surface area contributed by atoms with Gasteiger partial charge in [-0.15, -0.1) is 0 Å². The summed E-state index contributed by atoms with van der Waals surface area (Å²) >= 11 is 6.97. The van der Waals surface area contributed by atoms with E-state index in [0.29, 0.717) is 11.5 Å². The SMILES string of the molecule is Cc1ccc(C2=N/C(=C/c3cccc(Br)c3)C(=O)N2c2cccc(Br)c2)cc1. The number of aryl methyl sites for hydroxylation is 1. The van der Waals surface area contributed by atoms with Crippen molar-refractivity contribution in [2.24, 2.45) is 4.99 Å². The van der Waals surface area contributed by atoms with Gasteiger partial charge in [-0.2, -0.15) is 0 Å². The second-order valence-corrected chi connectivity index (χ2v) is 8.34. The van der Waals surface area contributed by atoms with Crippen molar-refractivity contribution in [1.82, 2.24) is 0 Å². The Morgan fingerprint density at radius 2 is 1.57 bits per heavy atom. The third kappa shape index (κ3) is 3.86. The van der Waals surface area contributed by atoms with Gasteiger partial charge in [-0.25, -0.2) is 4.99 Å². The Morgan fingerprint density at radius 1 is 0.893 bits per heavy atom. The second kappa shape index (κ2) is 7.86. The molecule has 0 unspecified atom stereocenters. The van der Waals surface area contributed by atoms with Gasteiger partial charge in [0.15, 0.2) is 0 Å². The van der Waals surface area contributed by atoms with Crippen LogP contribution in [0.2, 0.25) is 0 Å². The van der Waals surface area contributed by atoms with Gasteiger partial charge in [-0.1, -0.05) is 79.9 Å². The Balaban J connectivity index is 1.84. The summed E-state index contributed by atoms with van der Waals surface area (Å²) in [7, 11) is 0. The molecule has 0 radical (unpaired) electrons. The molecule has 3 aromatic carbocycles. The molecular formula is C23H16Br2N2O. The molecule has 28 heavy (non-hydrogen) atoms. The normalized spacial score (nSPS) is 15.2. The highest BCUT2D eigenvalue weighted by Gasteiger charge is 2.32. The van der Waals surface area contributed by atoms with E-state index in [1.165, 1.54) is 0 Å². The number of benzene rings is 3. The van der Waals surface area contributed by atoms with E-state index < -0.39 is 0 Å². The molecular weight excluding hydrogens is 480 g/mol. The van der Waals surface area contributed by atoms with Gasteiger partial charge in [0.2, 0.25) is 0 Å². The fraction of sp³-hybridized carbons (Fsp3) is 0.0435. The van der Waals surface area contributed by atoms with Crippen molar-refractivity contribution in [2.75, 3.05) is 4.90 Å². The van der Waals surface area contributed by atoms with Crippen LogP contribution in [0.15, 0.2) is 92.4 Å². The molecule has 0 fully saturated rings. The summed E-state index contributed by atoms with van der Waals surface area (Å²) in [6, 6.07) is 23.5. The zero-order chi connectivity index (χ0) is 19.7. The average Bonchev–Trinajstić information content (AvgIpc) is 2.99. The van der Waals surface area contributed by atoms with Gasteiger partial charge in [-0.3, -0.25) is 9.69 Å². The van der Waals surface area contributed by atoms with Crippen LogP contribution >= 0.6 is 31.9 Å². The minimum atomic E-state index is -0.145. The minimum Gasteiger partial charge on any atom is -0.266 e. The lowest BCUT2D eigenvalue weighted by Gasteiger charge is -2.19. The molecule has 3 nitrogen and oxygen atoms in total. The number of hydrogen-bond acceptors (Lipinski definition) is 2. The van der Waals surface area contributed by atoms with Gasteiger partial charge in [-0.05, 0) is 48.9 Å². The van der Waals surface area contributed by atoms with Crippen molar-refractivity contribution in [3.8, 4) is 0 Å². The fourth-order valence-electron chi connectivity index (χ4n) is 3.02. The van der Waals surface area contributed by atoms with Gasteiger partial charge < -0.3 is 0 Å². The van der Waals surface area contributed by atoms with E-state index in [9.17, 15) is 4.79 Å². The molecule has 0 aromatic heterocycles. The predicted molar refractivity (Wildman–Crippen MR) is 121 cm³/mol. The third-order valence-electron chi connectivity index (χ3n) is 4.39. The molecule has 138 valence electrons. The summed E-state index contributed by atoms with van der Waals surface area (Å²) in [5, 5.41) is 0. The first-order valence-corrected chi connectivity index (χ1v) is 10.3. The number of hydrogen-bond donors (Lipinski definition) is 0. The summed E-state index contributed by atoms with van der Waals surface area (Å²) in [5.74, 6) is 0.484. The van der Waals surface area contributed by atoms with E-state index in [1.807, 2.05) is 85.8 Å². The number of amides is 1. The molecule has 1 aliphatic rings. The van der Waals surface area contributed by atoms with Gasteiger partial charge in [0.1, 0.15) is 11.5 Å². The number of halogens is 2. The number of rotatable bonds is 3. The second-order valence-electron chi connectivity index (χ2n) is 6.51. The van der Waals surface area contributed by atoms with Crippen LogP contribution in [-0.4, -0.2) is 11.7 Å². The quantitative estimate of drug-likeness (QED) is 0.389. The molecule has 1 heterocycles. The Labute approximate surface area is 180 Å². The largest absolute Gasteiger partial charge is 0.282 e. The summed E-state index contributed by atoms with van der Waals surface area (Å²) in [6.07, 6.45) is 1.82. The summed E-state index contributed by atoms with van der Waals surface area (Å²) in [6.45, 7) is 2.04. The van der Waals surface area contributed by atoms with Crippen LogP contribution in [0.3, 0.4) is 0 Å². The van der Waals surface area contributed by atoms with Crippen LogP contribution in [0.5, 0.6) is 0 Å². The molecule has 4 rings (SSSR count).